The number of phenols is 1. The summed E-state index contributed by atoms with van der Waals surface area (Å²) >= 11 is 0. The van der Waals surface area contributed by atoms with Crippen molar-refractivity contribution < 1.29 is 14.6 Å². The van der Waals surface area contributed by atoms with Crippen molar-refractivity contribution in [3.05, 3.63) is 89.5 Å². The number of carbonyl (C=O) groups is 1. The van der Waals surface area contributed by atoms with Gasteiger partial charge in [0.05, 0.1) is 24.2 Å². The van der Waals surface area contributed by atoms with E-state index in [-0.39, 0.29) is 22.4 Å². The molecule has 6 heteroatoms. The molecule has 29 heavy (non-hydrogen) atoms. The first-order chi connectivity index (χ1) is 14.1. The zero-order valence-electron chi connectivity index (χ0n) is 15.8. The maximum Gasteiger partial charge on any atom is 0.185 e. The lowest BCUT2D eigenvalue weighted by atomic mass is 10.1. The summed E-state index contributed by atoms with van der Waals surface area (Å²) < 4.78 is 13.7. The molecule has 0 saturated carbocycles. The van der Waals surface area contributed by atoms with E-state index in [1.165, 1.54) is 18.2 Å². The highest BCUT2D eigenvalue weighted by molar-refractivity contribution is 7.88. The van der Waals surface area contributed by atoms with Crippen LogP contribution in [0.25, 0.3) is 6.08 Å². The molecule has 1 aliphatic heterocycles. The molecule has 0 fully saturated rings. The van der Waals surface area contributed by atoms with Gasteiger partial charge in [-0.3, -0.25) is 4.79 Å². The van der Waals surface area contributed by atoms with Gasteiger partial charge in [-0.1, -0.05) is 30.3 Å². The number of aromatic hydroxyl groups is 1. The number of hydrogen-bond acceptors (Lipinski definition) is 5. The van der Waals surface area contributed by atoms with Crippen LogP contribution in [0.4, 0.5) is 11.4 Å². The van der Waals surface area contributed by atoms with Crippen molar-refractivity contribution >= 4 is 34.1 Å². The van der Waals surface area contributed by atoms with Gasteiger partial charge in [-0.2, -0.15) is 0 Å². The minimum Gasteiger partial charge on any atom is -0.508 e. The predicted octanol–water partition coefficient (Wildman–Crippen LogP) is 5.27. The smallest absolute Gasteiger partial charge is 0.185 e. The van der Waals surface area contributed by atoms with Gasteiger partial charge in [0.1, 0.15) is 11.5 Å². The quantitative estimate of drug-likeness (QED) is 0.434. The average molecular weight is 404 g/mol. The van der Waals surface area contributed by atoms with Crippen LogP contribution in [0.1, 0.15) is 21.5 Å². The van der Waals surface area contributed by atoms with Gasteiger partial charge in [-0.05, 0) is 54.1 Å². The fourth-order valence-corrected chi connectivity index (χ4v) is 4.54. The van der Waals surface area contributed by atoms with Crippen molar-refractivity contribution in [2.24, 2.45) is 4.36 Å². The number of nitrogens with one attached hydrogen (secondary N) is 1. The fraction of sp³-hybridized carbons (Fsp3) is 0.0870. The molecular formula is C23H20N2O3S. The summed E-state index contributed by atoms with van der Waals surface area (Å²) in [5.74, 6) is 1.51. The highest BCUT2D eigenvalue weighted by Crippen LogP contribution is 2.33. The Labute approximate surface area is 171 Å². The lowest BCUT2D eigenvalue weighted by Gasteiger charge is -2.10. The molecule has 5 nitrogen and oxygen atoms in total. The third kappa shape index (κ3) is 4.38. The van der Waals surface area contributed by atoms with E-state index in [1.54, 1.807) is 25.3 Å². The molecule has 0 saturated heterocycles. The number of para-hydroxylation sites is 1. The summed E-state index contributed by atoms with van der Waals surface area (Å²) in [6.45, 7) is 0. The van der Waals surface area contributed by atoms with Gasteiger partial charge >= 0.3 is 0 Å². The number of ether oxygens (including phenoxy) is 1. The van der Waals surface area contributed by atoms with E-state index in [0.29, 0.717) is 5.56 Å². The van der Waals surface area contributed by atoms with Crippen LogP contribution in [0.5, 0.6) is 11.5 Å². The maximum absolute atomic E-state index is 12.3. The lowest BCUT2D eigenvalue weighted by molar-refractivity contribution is 0.104. The van der Waals surface area contributed by atoms with Gasteiger partial charge in [-0.15, -0.1) is 0 Å². The van der Waals surface area contributed by atoms with Gasteiger partial charge in [0.25, 0.3) is 0 Å². The van der Waals surface area contributed by atoms with Gasteiger partial charge in [0.15, 0.2) is 5.78 Å². The Balaban J connectivity index is 1.48. The molecule has 0 aromatic heterocycles. The van der Waals surface area contributed by atoms with Gasteiger partial charge in [0, 0.05) is 22.0 Å². The number of hydrogen-bond donors (Lipinski definition) is 2. The highest BCUT2D eigenvalue weighted by atomic mass is 32.2. The third-order valence-electron chi connectivity index (χ3n) is 4.52. The van der Waals surface area contributed by atoms with Gasteiger partial charge < -0.3 is 14.6 Å². The Morgan fingerprint density at radius 1 is 1.14 bits per heavy atom. The van der Waals surface area contributed by atoms with Crippen LogP contribution in [0, 0.1) is 0 Å². The van der Waals surface area contributed by atoms with E-state index in [0.717, 1.165) is 34.0 Å². The summed E-state index contributed by atoms with van der Waals surface area (Å²) in [6.07, 6.45) is 3.28. The number of allylic oxidation sites excluding steroid dienone is 1. The number of nitrogens with zero attached hydrogens (tertiary/aromatic N) is 1. The van der Waals surface area contributed by atoms with Crippen LogP contribution in [0.2, 0.25) is 0 Å². The second-order valence-corrected chi connectivity index (χ2v) is 7.94. The zero-order valence-corrected chi connectivity index (χ0v) is 16.6. The Morgan fingerprint density at radius 3 is 2.69 bits per heavy atom. The Bertz CT molecular complexity index is 1120. The van der Waals surface area contributed by atoms with Crippen molar-refractivity contribution in [1.82, 2.24) is 0 Å². The number of phenolic OH excluding ortho intramolecular Hbond substituents is 1. The second-order valence-electron chi connectivity index (χ2n) is 6.54. The molecule has 0 aliphatic carbocycles. The SMILES string of the molecule is COc1cc(/C=C/C(=O)c2ccc(O)cc2)ccc1CS1=Nc2ccccc2N1. The first-order valence-corrected chi connectivity index (χ1v) is 10.4. The van der Waals surface area contributed by atoms with Crippen LogP contribution in [-0.4, -0.2) is 18.0 Å². The molecule has 2 N–H and O–H groups in total. The number of rotatable bonds is 6. The molecule has 0 amide bonds. The summed E-state index contributed by atoms with van der Waals surface area (Å²) in [4.78, 5) is 12.3. The summed E-state index contributed by atoms with van der Waals surface area (Å²) in [5.41, 5.74) is 4.50. The first-order valence-electron chi connectivity index (χ1n) is 9.09. The van der Waals surface area contributed by atoms with Crippen LogP contribution in [-0.2, 0) is 16.6 Å². The lowest BCUT2D eigenvalue weighted by Crippen LogP contribution is -2.04. The Hall–Kier alpha value is -3.38. The molecule has 1 atom stereocenters. The molecule has 0 radical (unpaired) electrons. The Kier molecular flexibility index (Phi) is 5.44. The molecule has 1 aliphatic rings. The molecule has 0 bridgehead atoms. The van der Waals surface area contributed by atoms with E-state index in [1.807, 2.05) is 42.5 Å². The Morgan fingerprint density at radius 2 is 1.93 bits per heavy atom. The summed E-state index contributed by atoms with van der Waals surface area (Å²) in [6, 6.07) is 20.1. The topological polar surface area (TPSA) is 70.9 Å². The van der Waals surface area contributed by atoms with E-state index in [2.05, 4.69) is 4.72 Å². The van der Waals surface area contributed by atoms with Crippen molar-refractivity contribution in [3.8, 4) is 11.5 Å². The predicted molar refractivity (Wildman–Crippen MR) is 118 cm³/mol. The van der Waals surface area contributed by atoms with Gasteiger partial charge in [-0.25, -0.2) is 4.36 Å². The van der Waals surface area contributed by atoms with Crippen molar-refractivity contribution in [1.29, 1.82) is 0 Å². The maximum atomic E-state index is 12.3. The van der Waals surface area contributed by atoms with Gasteiger partial charge in [0.2, 0.25) is 0 Å². The van der Waals surface area contributed by atoms with Crippen LogP contribution in [0.3, 0.4) is 0 Å². The van der Waals surface area contributed by atoms with Crippen molar-refractivity contribution in [2.75, 3.05) is 11.8 Å². The molecule has 3 aromatic rings. The largest absolute Gasteiger partial charge is 0.508 e. The molecule has 4 rings (SSSR count). The number of methoxy groups -OCH3 is 1. The van der Waals surface area contributed by atoms with Crippen molar-refractivity contribution in [2.45, 2.75) is 5.75 Å². The monoisotopic (exact) mass is 404 g/mol. The van der Waals surface area contributed by atoms with E-state index < -0.39 is 0 Å². The molecular weight excluding hydrogens is 384 g/mol. The fourth-order valence-electron chi connectivity index (χ4n) is 3.00. The minimum atomic E-state index is -0.329. The molecule has 3 aromatic carbocycles. The standard InChI is InChI=1S/C23H20N2O3S/c1-28-23-14-16(7-13-22(27)17-9-11-19(26)12-10-17)6-8-18(23)15-29-24-20-4-2-3-5-21(20)25-29/h2-14,26H,15H2,1H3,(H,24,25)/b13-7+. The summed E-state index contributed by atoms with van der Waals surface area (Å²) in [5, 5.41) is 9.33. The van der Waals surface area contributed by atoms with Crippen LogP contribution in [0.15, 0.2) is 77.2 Å². The minimum absolute atomic E-state index is 0.124. The molecule has 0 spiro atoms. The first kappa shape index (κ1) is 19.0. The number of benzene rings is 3. The average Bonchev–Trinajstić information content (AvgIpc) is 3.15. The zero-order chi connectivity index (χ0) is 20.2. The van der Waals surface area contributed by atoms with E-state index in [4.69, 9.17) is 9.10 Å². The van der Waals surface area contributed by atoms with E-state index >= 15 is 0 Å². The van der Waals surface area contributed by atoms with Crippen LogP contribution >= 0.6 is 0 Å². The molecule has 1 unspecified atom stereocenters. The molecule has 146 valence electrons. The second kappa shape index (κ2) is 8.32. The number of fused-ring (bicyclic) bond motifs is 1. The highest BCUT2D eigenvalue weighted by Gasteiger charge is 2.14. The van der Waals surface area contributed by atoms with E-state index in [9.17, 15) is 9.90 Å². The summed E-state index contributed by atoms with van der Waals surface area (Å²) in [7, 11) is 1.32. The normalized spacial score (nSPS) is 14.9. The number of anilines is 1. The third-order valence-corrected chi connectivity index (χ3v) is 5.98. The van der Waals surface area contributed by atoms with Crippen LogP contribution < -0.4 is 9.46 Å². The van der Waals surface area contributed by atoms with Crippen molar-refractivity contribution in [3.63, 3.8) is 0 Å². The molecule has 1 heterocycles. The number of ketones is 1. The number of carbonyl (C=O) groups excluding carboxylic acids is 1.